The van der Waals surface area contributed by atoms with Crippen molar-refractivity contribution < 1.29 is 9.57 Å². The normalized spacial score (nSPS) is 17.9. The Hall–Kier alpha value is -0.900. The molecule has 1 aromatic carbocycles. The van der Waals surface area contributed by atoms with Crippen molar-refractivity contribution in [2.24, 2.45) is 5.90 Å². The fourth-order valence-corrected chi connectivity index (χ4v) is 2.16. The predicted octanol–water partition coefficient (Wildman–Crippen LogP) is 1.97. The van der Waals surface area contributed by atoms with Gasteiger partial charge in [0, 0.05) is 13.2 Å². The molecule has 15 heavy (non-hydrogen) atoms. The van der Waals surface area contributed by atoms with Crippen LogP contribution in [-0.4, -0.2) is 13.2 Å². The molecule has 0 unspecified atom stereocenters. The summed E-state index contributed by atoms with van der Waals surface area (Å²) in [6.45, 7) is 2.22. The maximum absolute atomic E-state index is 5.37. The standard InChI is InChI=1S/C12H17NO2/c13-15-9-11-3-1-2-4-12(11)10-5-7-14-8-6-10/h1-4,10H,5-9,13H2. The fraction of sp³-hybridized carbons (Fsp3) is 0.500. The Bertz CT molecular complexity index is 308. The summed E-state index contributed by atoms with van der Waals surface area (Å²) in [5, 5.41) is 0. The van der Waals surface area contributed by atoms with Gasteiger partial charge in [-0.15, -0.1) is 0 Å². The van der Waals surface area contributed by atoms with E-state index >= 15 is 0 Å². The Morgan fingerprint density at radius 3 is 2.73 bits per heavy atom. The molecule has 0 atom stereocenters. The Balaban J connectivity index is 2.17. The number of rotatable bonds is 3. The minimum absolute atomic E-state index is 0.494. The number of hydrogen-bond acceptors (Lipinski definition) is 3. The van der Waals surface area contributed by atoms with Crippen LogP contribution in [0.15, 0.2) is 24.3 Å². The lowest BCUT2D eigenvalue weighted by molar-refractivity contribution is 0.0837. The van der Waals surface area contributed by atoms with E-state index in [1.807, 2.05) is 6.07 Å². The Labute approximate surface area is 90.1 Å². The molecule has 3 nitrogen and oxygen atoms in total. The van der Waals surface area contributed by atoms with Crippen LogP contribution in [0.4, 0.5) is 0 Å². The Morgan fingerprint density at radius 1 is 1.27 bits per heavy atom. The highest BCUT2D eigenvalue weighted by Crippen LogP contribution is 2.29. The van der Waals surface area contributed by atoms with Crippen molar-refractivity contribution in [1.82, 2.24) is 0 Å². The third-order valence-electron chi connectivity index (χ3n) is 2.96. The van der Waals surface area contributed by atoms with Gasteiger partial charge in [-0.3, -0.25) is 4.84 Å². The average molecular weight is 207 g/mol. The molecule has 0 aromatic heterocycles. The molecule has 0 bridgehead atoms. The van der Waals surface area contributed by atoms with Crippen LogP contribution in [0.2, 0.25) is 0 Å². The van der Waals surface area contributed by atoms with Crippen molar-refractivity contribution in [3.63, 3.8) is 0 Å². The highest BCUT2D eigenvalue weighted by Gasteiger charge is 2.18. The molecule has 0 amide bonds. The zero-order valence-corrected chi connectivity index (χ0v) is 8.82. The molecule has 2 N–H and O–H groups in total. The van der Waals surface area contributed by atoms with Crippen molar-refractivity contribution >= 4 is 0 Å². The van der Waals surface area contributed by atoms with Crippen molar-refractivity contribution in [2.75, 3.05) is 13.2 Å². The largest absolute Gasteiger partial charge is 0.381 e. The maximum atomic E-state index is 5.37. The second-order valence-corrected chi connectivity index (χ2v) is 3.90. The van der Waals surface area contributed by atoms with Gasteiger partial charge in [0.1, 0.15) is 0 Å². The van der Waals surface area contributed by atoms with Crippen LogP contribution in [0, 0.1) is 0 Å². The zero-order valence-electron chi connectivity index (χ0n) is 8.82. The highest BCUT2D eigenvalue weighted by atomic mass is 16.6. The number of nitrogens with two attached hydrogens (primary N) is 1. The van der Waals surface area contributed by atoms with Crippen molar-refractivity contribution in [3.8, 4) is 0 Å². The molecular weight excluding hydrogens is 190 g/mol. The van der Waals surface area contributed by atoms with E-state index in [4.69, 9.17) is 15.5 Å². The lowest BCUT2D eigenvalue weighted by atomic mass is 9.88. The van der Waals surface area contributed by atoms with Gasteiger partial charge in [-0.1, -0.05) is 24.3 Å². The minimum atomic E-state index is 0.494. The molecule has 1 saturated heterocycles. The first-order chi connectivity index (χ1) is 7.42. The average Bonchev–Trinajstić information content (AvgIpc) is 2.31. The van der Waals surface area contributed by atoms with Crippen LogP contribution in [0.3, 0.4) is 0 Å². The van der Waals surface area contributed by atoms with Gasteiger partial charge in [0.05, 0.1) is 6.61 Å². The van der Waals surface area contributed by atoms with Crippen LogP contribution in [-0.2, 0) is 16.2 Å². The summed E-state index contributed by atoms with van der Waals surface area (Å²) >= 11 is 0. The van der Waals surface area contributed by atoms with Gasteiger partial charge in [-0.05, 0) is 29.9 Å². The molecule has 0 aliphatic carbocycles. The molecule has 0 saturated carbocycles. The van der Waals surface area contributed by atoms with E-state index in [1.165, 1.54) is 11.1 Å². The van der Waals surface area contributed by atoms with Crippen LogP contribution in [0.5, 0.6) is 0 Å². The van der Waals surface area contributed by atoms with Gasteiger partial charge in [0.25, 0.3) is 0 Å². The van der Waals surface area contributed by atoms with Gasteiger partial charge in [0.2, 0.25) is 0 Å². The van der Waals surface area contributed by atoms with E-state index in [1.54, 1.807) is 0 Å². The fourth-order valence-electron chi connectivity index (χ4n) is 2.16. The molecule has 3 heteroatoms. The Kier molecular flexibility index (Phi) is 3.72. The van der Waals surface area contributed by atoms with E-state index in [9.17, 15) is 0 Å². The second kappa shape index (κ2) is 5.26. The topological polar surface area (TPSA) is 44.5 Å². The van der Waals surface area contributed by atoms with Gasteiger partial charge in [0.15, 0.2) is 0 Å². The molecule has 1 aliphatic heterocycles. The van der Waals surface area contributed by atoms with Crippen LogP contribution >= 0.6 is 0 Å². The van der Waals surface area contributed by atoms with E-state index in [2.05, 4.69) is 18.2 Å². The lowest BCUT2D eigenvalue weighted by Crippen LogP contribution is -2.16. The van der Waals surface area contributed by atoms with Crippen LogP contribution in [0.1, 0.15) is 29.9 Å². The summed E-state index contributed by atoms with van der Waals surface area (Å²) in [5.74, 6) is 5.74. The smallest absolute Gasteiger partial charge is 0.0932 e. The molecule has 2 rings (SSSR count). The molecular formula is C12H17NO2. The molecule has 1 heterocycles. The second-order valence-electron chi connectivity index (χ2n) is 3.90. The van der Waals surface area contributed by atoms with Crippen LogP contribution in [0.25, 0.3) is 0 Å². The van der Waals surface area contributed by atoms with Gasteiger partial charge in [-0.2, -0.15) is 0 Å². The predicted molar refractivity (Wildman–Crippen MR) is 58.2 cm³/mol. The van der Waals surface area contributed by atoms with Crippen molar-refractivity contribution in [1.29, 1.82) is 0 Å². The summed E-state index contributed by atoms with van der Waals surface area (Å²) in [4.78, 5) is 4.73. The van der Waals surface area contributed by atoms with Gasteiger partial charge in [-0.25, -0.2) is 5.90 Å². The first kappa shape index (κ1) is 10.6. The van der Waals surface area contributed by atoms with E-state index in [0.29, 0.717) is 12.5 Å². The van der Waals surface area contributed by atoms with Crippen molar-refractivity contribution in [2.45, 2.75) is 25.4 Å². The van der Waals surface area contributed by atoms with Crippen LogP contribution < -0.4 is 5.90 Å². The highest BCUT2D eigenvalue weighted by molar-refractivity contribution is 5.30. The van der Waals surface area contributed by atoms with E-state index in [0.717, 1.165) is 26.1 Å². The summed E-state index contributed by atoms with van der Waals surface area (Å²) in [7, 11) is 0. The molecule has 1 aliphatic rings. The number of ether oxygens (including phenoxy) is 1. The molecule has 1 fully saturated rings. The first-order valence-electron chi connectivity index (χ1n) is 5.39. The van der Waals surface area contributed by atoms with Crippen molar-refractivity contribution in [3.05, 3.63) is 35.4 Å². The van der Waals surface area contributed by atoms with Gasteiger partial charge >= 0.3 is 0 Å². The third-order valence-corrected chi connectivity index (χ3v) is 2.96. The summed E-state index contributed by atoms with van der Waals surface area (Å²) in [5.41, 5.74) is 2.57. The SMILES string of the molecule is NOCc1ccccc1C1CCOCC1. The molecule has 0 spiro atoms. The minimum Gasteiger partial charge on any atom is -0.381 e. The Morgan fingerprint density at radius 2 is 2.00 bits per heavy atom. The van der Waals surface area contributed by atoms with E-state index < -0.39 is 0 Å². The summed E-state index contributed by atoms with van der Waals surface area (Å²) in [6, 6.07) is 8.35. The third kappa shape index (κ3) is 2.56. The number of benzene rings is 1. The van der Waals surface area contributed by atoms with E-state index in [-0.39, 0.29) is 0 Å². The maximum Gasteiger partial charge on any atom is 0.0932 e. The number of hydrogen-bond donors (Lipinski definition) is 1. The molecule has 82 valence electrons. The quantitative estimate of drug-likeness (QED) is 0.771. The summed E-state index contributed by atoms with van der Waals surface area (Å²) < 4.78 is 5.37. The summed E-state index contributed by atoms with van der Waals surface area (Å²) in [6.07, 6.45) is 2.20. The van der Waals surface area contributed by atoms with Gasteiger partial charge < -0.3 is 4.74 Å². The zero-order chi connectivity index (χ0) is 10.5. The monoisotopic (exact) mass is 207 g/mol. The first-order valence-corrected chi connectivity index (χ1v) is 5.39. The lowest BCUT2D eigenvalue weighted by Gasteiger charge is -2.24. The molecule has 1 aromatic rings. The molecule has 0 radical (unpaired) electrons.